The van der Waals surface area contributed by atoms with Crippen LogP contribution in [-0.2, 0) is 13.0 Å². The zero-order chi connectivity index (χ0) is 10.5. The lowest BCUT2D eigenvalue weighted by molar-refractivity contribution is 0.667. The third kappa shape index (κ3) is 2.91. The van der Waals surface area contributed by atoms with Crippen LogP contribution in [0.3, 0.4) is 0 Å². The van der Waals surface area contributed by atoms with Gasteiger partial charge in [0.2, 0.25) is 0 Å². The number of aryl methyl sites for hydroxylation is 1. The summed E-state index contributed by atoms with van der Waals surface area (Å²) in [7, 11) is 0. The number of imidazole rings is 1. The maximum Gasteiger partial charge on any atom is 0.120 e. The Kier molecular flexibility index (Phi) is 3.53. The van der Waals surface area contributed by atoms with E-state index in [0.29, 0.717) is 0 Å². The number of hydrogen-bond acceptors (Lipinski definition) is 3. The van der Waals surface area contributed by atoms with Crippen LogP contribution in [0.15, 0.2) is 23.8 Å². The van der Waals surface area contributed by atoms with E-state index in [1.165, 1.54) is 10.4 Å². The monoisotopic (exact) mass is 221 g/mol. The molecule has 0 atom stereocenters. The van der Waals surface area contributed by atoms with E-state index in [1.54, 1.807) is 6.20 Å². The van der Waals surface area contributed by atoms with Gasteiger partial charge in [0.05, 0.1) is 6.54 Å². The van der Waals surface area contributed by atoms with Crippen molar-refractivity contribution in [3.05, 3.63) is 40.1 Å². The van der Waals surface area contributed by atoms with E-state index in [-0.39, 0.29) is 0 Å². The summed E-state index contributed by atoms with van der Waals surface area (Å²) < 4.78 is 0. The summed E-state index contributed by atoms with van der Waals surface area (Å²) in [5.74, 6) is 0.998. The zero-order valence-corrected chi connectivity index (χ0v) is 9.60. The summed E-state index contributed by atoms with van der Waals surface area (Å²) in [4.78, 5) is 8.70. The summed E-state index contributed by atoms with van der Waals surface area (Å²) >= 11 is 1.83. The number of nitrogens with one attached hydrogen (secondary N) is 2. The van der Waals surface area contributed by atoms with Gasteiger partial charge in [0.1, 0.15) is 5.82 Å². The molecule has 2 aromatic heterocycles. The van der Waals surface area contributed by atoms with Crippen LogP contribution in [-0.4, -0.2) is 16.5 Å². The Bertz CT molecular complexity index is 392. The van der Waals surface area contributed by atoms with Gasteiger partial charge in [-0.2, -0.15) is 0 Å². The molecule has 0 spiro atoms. The number of aromatic nitrogens is 2. The second-order valence-corrected chi connectivity index (χ2v) is 4.49. The molecule has 0 saturated carbocycles. The van der Waals surface area contributed by atoms with Crippen molar-refractivity contribution in [3.8, 4) is 0 Å². The summed E-state index contributed by atoms with van der Waals surface area (Å²) in [5, 5.41) is 5.52. The number of H-pyrrole nitrogens is 1. The Balaban J connectivity index is 1.70. The van der Waals surface area contributed by atoms with Crippen molar-refractivity contribution < 1.29 is 0 Å². The van der Waals surface area contributed by atoms with Gasteiger partial charge in [0.15, 0.2) is 0 Å². The lowest BCUT2D eigenvalue weighted by Crippen LogP contribution is -2.17. The highest BCUT2D eigenvalue weighted by Gasteiger charge is 1.99. The molecule has 0 unspecified atom stereocenters. The maximum absolute atomic E-state index is 4.15. The summed E-state index contributed by atoms with van der Waals surface area (Å²) in [5.41, 5.74) is 1.40. The Labute approximate surface area is 93.6 Å². The van der Waals surface area contributed by atoms with Crippen LogP contribution in [0.1, 0.15) is 16.3 Å². The zero-order valence-electron chi connectivity index (χ0n) is 8.79. The molecule has 4 heteroatoms. The molecule has 0 aliphatic rings. The van der Waals surface area contributed by atoms with Gasteiger partial charge in [-0.05, 0) is 30.4 Å². The number of thiophene rings is 1. The standard InChI is InChI=1S/C11H15N3S/c1-9-3-7-15-10(9)2-4-12-8-11-13-5-6-14-11/h3,5-7,12H,2,4,8H2,1H3,(H,13,14). The van der Waals surface area contributed by atoms with E-state index in [9.17, 15) is 0 Å². The first-order valence-corrected chi connectivity index (χ1v) is 5.96. The van der Waals surface area contributed by atoms with Crippen molar-refractivity contribution in [2.45, 2.75) is 19.9 Å². The Hall–Kier alpha value is -1.13. The van der Waals surface area contributed by atoms with Crippen LogP contribution in [0.5, 0.6) is 0 Å². The fraction of sp³-hybridized carbons (Fsp3) is 0.364. The lowest BCUT2D eigenvalue weighted by Gasteiger charge is -2.02. The Morgan fingerprint density at radius 2 is 2.47 bits per heavy atom. The predicted molar refractivity (Wildman–Crippen MR) is 63.1 cm³/mol. The molecule has 0 saturated heterocycles. The largest absolute Gasteiger partial charge is 0.348 e. The van der Waals surface area contributed by atoms with E-state index < -0.39 is 0 Å². The van der Waals surface area contributed by atoms with E-state index in [1.807, 2.05) is 17.5 Å². The number of hydrogen-bond donors (Lipinski definition) is 2. The van der Waals surface area contributed by atoms with Gasteiger partial charge in [-0.15, -0.1) is 11.3 Å². The highest BCUT2D eigenvalue weighted by atomic mass is 32.1. The van der Waals surface area contributed by atoms with Crippen LogP contribution < -0.4 is 5.32 Å². The molecule has 80 valence electrons. The van der Waals surface area contributed by atoms with Gasteiger partial charge in [0, 0.05) is 23.8 Å². The van der Waals surface area contributed by atoms with Crippen LogP contribution in [0.2, 0.25) is 0 Å². The lowest BCUT2D eigenvalue weighted by atomic mass is 10.2. The molecule has 2 heterocycles. The molecule has 0 bridgehead atoms. The molecule has 2 aromatic rings. The van der Waals surface area contributed by atoms with Crippen LogP contribution in [0.25, 0.3) is 0 Å². The smallest absolute Gasteiger partial charge is 0.120 e. The molecule has 2 rings (SSSR count). The minimum absolute atomic E-state index is 0.817. The predicted octanol–water partition coefficient (Wildman–Crippen LogP) is 2.11. The quantitative estimate of drug-likeness (QED) is 0.759. The average Bonchev–Trinajstić information content (AvgIpc) is 2.85. The van der Waals surface area contributed by atoms with E-state index in [2.05, 4.69) is 33.7 Å². The molecule has 3 nitrogen and oxygen atoms in total. The SMILES string of the molecule is Cc1ccsc1CCNCc1ncc[nH]1. The van der Waals surface area contributed by atoms with E-state index >= 15 is 0 Å². The molecular formula is C11H15N3S. The van der Waals surface area contributed by atoms with Crippen molar-refractivity contribution in [1.82, 2.24) is 15.3 Å². The van der Waals surface area contributed by atoms with Crippen molar-refractivity contribution in [3.63, 3.8) is 0 Å². The van der Waals surface area contributed by atoms with Gasteiger partial charge >= 0.3 is 0 Å². The normalized spacial score (nSPS) is 10.7. The van der Waals surface area contributed by atoms with Gasteiger partial charge in [0.25, 0.3) is 0 Å². The van der Waals surface area contributed by atoms with Gasteiger partial charge in [-0.3, -0.25) is 0 Å². The minimum atomic E-state index is 0.817. The molecule has 0 amide bonds. The topological polar surface area (TPSA) is 40.7 Å². The number of nitrogens with zero attached hydrogens (tertiary/aromatic N) is 1. The second-order valence-electron chi connectivity index (χ2n) is 3.49. The molecular weight excluding hydrogens is 206 g/mol. The molecule has 2 N–H and O–H groups in total. The second kappa shape index (κ2) is 5.09. The maximum atomic E-state index is 4.15. The van der Waals surface area contributed by atoms with E-state index in [4.69, 9.17) is 0 Å². The van der Waals surface area contributed by atoms with Crippen molar-refractivity contribution >= 4 is 11.3 Å². The fourth-order valence-corrected chi connectivity index (χ4v) is 2.37. The van der Waals surface area contributed by atoms with Crippen molar-refractivity contribution in [2.75, 3.05) is 6.54 Å². The summed E-state index contributed by atoms with van der Waals surface area (Å²) in [6.07, 6.45) is 4.73. The minimum Gasteiger partial charge on any atom is -0.348 e. The van der Waals surface area contributed by atoms with Gasteiger partial charge in [-0.1, -0.05) is 0 Å². The highest BCUT2D eigenvalue weighted by Crippen LogP contribution is 2.15. The van der Waals surface area contributed by atoms with Gasteiger partial charge in [-0.25, -0.2) is 4.98 Å². The highest BCUT2D eigenvalue weighted by molar-refractivity contribution is 7.10. The van der Waals surface area contributed by atoms with Crippen LogP contribution >= 0.6 is 11.3 Å². The summed E-state index contributed by atoms with van der Waals surface area (Å²) in [6, 6.07) is 2.17. The first-order chi connectivity index (χ1) is 7.36. The van der Waals surface area contributed by atoms with Crippen molar-refractivity contribution in [2.24, 2.45) is 0 Å². The first kappa shape index (κ1) is 10.4. The molecule has 0 aromatic carbocycles. The van der Waals surface area contributed by atoms with E-state index in [0.717, 1.165) is 25.3 Å². The Morgan fingerprint density at radius 3 is 3.13 bits per heavy atom. The summed E-state index contributed by atoms with van der Waals surface area (Å²) in [6.45, 7) is 3.98. The number of rotatable bonds is 5. The fourth-order valence-electron chi connectivity index (χ4n) is 1.46. The first-order valence-electron chi connectivity index (χ1n) is 5.08. The molecule has 0 radical (unpaired) electrons. The average molecular weight is 221 g/mol. The third-order valence-electron chi connectivity index (χ3n) is 2.34. The Morgan fingerprint density at radius 1 is 1.53 bits per heavy atom. The van der Waals surface area contributed by atoms with Crippen LogP contribution in [0, 0.1) is 6.92 Å². The molecule has 0 aliphatic carbocycles. The van der Waals surface area contributed by atoms with Gasteiger partial charge < -0.3 is 10.3 Å². The molecule has 0 fully saturated rings. The third-order valence-corrected chi connectivity index (χ3v) is 3.43. The van der Waals surface area contributed by atoms with Crippen LogP contribution in [0.4, 0.5) is 0 Å². The molecule has 0 aliphatic heterocycles. The molecule has 15 heavy (non-hydrogen) atoms. The number of aromatic amines is 1. The van der Waals surface area contributed by atoms with Crippen molar-refractivity contribution in [1.29, 1.82) is 0 Å².